The summed E-state index contributed by atoms with van der Waals surface area (Å²) >= 11 is 1.57. The number of thiazole rings is 1. The molecule has 22 heavy (non-hydrogen) atoms. The Balaban J connectivity index is 1.62. The highest BCUT2D eigenvalue weighted by Gasteiger charge is 2.33. The van der Waals surface area contributed by atoms with Gasteiger partial charge in [-0.3, -0.25) is 9.78 Å². The molecule has 5 heteroatoms. The van der Waals surface area contributed by atoms with E-state index in [1.165, 1.54) is 0 Å². The number of rotatable bonds is 4. The van der Waals surface area contributed by atoms with Crippen molar-refractivity contribution < 1.29 is 4.79 Å². The Morgan fingerprint density at radius 3 is 3.00 bits per heavy atom. The molecule has 0 N–H and O–H groups in total. The molecule has 1 aliphatic rings. The second-order valence-electron chi connectivity index (χ2n) is 5.56. The van der Waals surface area contributed by atoms with Crippen LogP contribution in [0.15, 0.2) is 48.2 Å². The van der Waals surface area contributed by atoms with Gasteiger partial charge in [0.05, 0.1) is 15.7 Å². The van der Waals surface area contributed by atoms with E-state index in [1.54, 1.807) is 17.5 Å². The molecule has 2 heterocycles. The van der Waals surface area contributed by atoms with Crippen molar-refractivity contribution in [3.63, 3.8) is 0 Å². The lowest BCUT2D eigenvalue weighted by Crippen LogP contribution is -2.32. The molecule has 4 rings (SSSR count). The van der Waals surface area contributed by atoms with Crippen molar-refractivity contribution in [2.75, 3.05) is 0 Å². The fraction of sp³-hybridized carbons (Fsp3) is 0.235. The molecule has 0 saturated heterocycles. The maximum atomic E-state index is 12.9. The minimum absolute atomic E-state index is 0.0988. The number of benzene rings is 1. The zero-order valence-electron chi connectivity index (χ0n) is 12.0. The fourth-order valence-electron chi connectivity index (χ4n) is 2.60. The topological polar surface area (TPSA) is 46.1 Å². The molecule has 3 aromatic rings. The Morgan fingerprint density at radius 1 is 1.32 bits per heavy atom. The summed E-state index contributed by atoms with van der Waals surface area (Å²) in [5, 5.41) is 0. The summed E-state index contributed by atoms with van der Waals surface area (Å²) in [6.07, 6.45) is 5.77. The summed E-state index contributed by atoms with van der Waals surface area (Å²) in [5.41, 5.74) is 4.58. The summed E-state index contributed by atoms with van der Waals surface area (Å²) in [6.45, 7) is 0.623. The molecule has 1 aliphatic carbocycles. The molecule has 0 bridgehead atoms. The van der Waals surface area contributed by atoms with E-state index < -0.39 is 0 Å². The smallest absolute Gasteiger partial charge is 0.254 e. The molecule has 0 aliphatic heterocycles. The third-order valence-electron chi connectivity index (χ3n) is 3.90. The van der Waals surface area contributed by atoms with Crippen LogP contribution in [0, 0.1) is 0 Å². The van der Waals surface area contributed by atoms with Gasteiger partial charge in [0, 0.05) is 30.5 Å². The first-order valence-electron chi connectivity index (χ1n) is 7.34. The van der Waals surface area contributed by atoms with Gasteiger partial charge in [-0.05, 0) is 42.7 Å². The van der Waals surface area contributed by atoms with Gasteiger partial charge in [0.1, 0.15) is 0 Å². The first-order chi connectivity index (χ1) is 10.8. The van der Waals surface area contributed by atoms with Gasteiger partial charge in [-0.2, -0.15) is 0 Å². The zero-order chi connectivity index (χ0) is 14.9. The van der Waals surface area contributed by atoms with Gasteiger partial charge in [0.15, 0.2) is 0 Å². The van der Waals surface area contributed by atoms with Gasteiger partial charge in [0.2, 0.25) is 0 Å². The molecular formula is C17H15N3OS. The number of amides is 1. The largest absolute Gasteiger partial charge is 0.331 e. The average Bonchev–Trinajstić information content (AvgIpc) is 3.29. The highest BCUT2D eigenvalue weighted by molar-refractivity contribution is 7.16. The van der Waals surface area contributed by atoms with Crippen molar-refractivity contribution >= 4 is 27.5 Å². The Morgan fingerprint density at radius 2 is 2.23 bits per heavy atom. The highest BCUT2D eigenvalue weighted by atomic mass is 32.1. The van der Waals surface area contributed by atoms with Gasteiger partial charge >= 0.3 is 0 Å². The number of aromatic nitrogens is 2. The van der Waals surface area contributed by atoms with Crippen LogP contribution in [-0.2, 0) is 6.54 Å². The maximum Gasteiger partial charge on any atom is 0.254 e. The van der Waals surface area contributed by atoms with Crippen LogP contribution in [-0.4, -0.2) is 26.8 Å². The highest BCUT2D eigenvalue weighted by Crippen LogP contribution is 2.30. The van der Waals surface area contributed by atoms with Crippen LogP contribution in [0.1, 0.15) is 28.8 Å². The summed E-state index contributed by atoms with van der Waals surface area (Å²) in [7, 11) is 0. The zero-order valence-corrected chi connectivity index (χ0v) is 12.8. The van der Waals surface area contributed by atoms with Crippen molar-refractivity contribution in [2.24, 2.45) is 0 Å². The van der Waals surface area contributed by atoms with Gasteiger partial charge in [0.25, 0.3) is 5.91 Å². The fourth-order valence-corrected chi connectivity index (χ4v) is 3.31. The van der Waals surface area contributed by atoms with Crippen molar-refractivity contribution in [3.05, 3.63) is 59.4 Å². The van der Waals surface area contributed by atoms with Crippen molar-refractivity contribution in [1.29, 1.82) is 0 Å². The van der Waals surface area contributed by atoms with E-state index in [2.05, 4.69) is 9.97 Å². The molecule has 1 amide bonds. The molecule has 2 aromatic heterocycles. The predicted molar refractivity (Wildman–Crippen MR) is 86.8 cm³/mol. The van der Waals surface area contributed by atoms with Crippen molar-refractivity contribution in [1.82, 2.24) is 14.9 Å². The van der Waals surface area contributed by atoms with Crippen LogP contribution in [0.4, 0.5) is 0 Å². The lowest BCUT2D eigenvalue weighted by molar-refractivity contribution is 0.0730. The quantitative estimate of drug-likeness (QED) is 0.741. The van der Waals surface area contributed by atoms with Crippen LogP contribution < -0.4 is 0 Å². The minimum Gasteiger partial charge on any atom is -0.331 e. The Bertz CT molecular complexity index is 811. The molecule has 0 unspecified atom stereocenters. The van der Waals surface area contributed by atoms with E-state index in [1.807, 2.05) is 46.9 Å². The minimum atomic E-state index is 0.0988. The molecule has 1 aromatic carbocycles. The number of fused-ring (bicyclic) bond motifs is 1. The Labute approximate surface area is 132 Å². The van der Waals surface area contributed by atoms with E-state index in [0.717, 1.165) is 34.2 Å². The van der Waals surface area contributed by atoms with E-state index in [0.29, 0.717) is 12.6 Å². The molecule has 0 atom stereocenters. The second kappa shape index (κ2) is 5.50. The van der Waals surface area contributed by atoms with Crippen LogP contribution >= 0.6 is 11.3 Å². The lowest BCUT2D eigenvalue weighted by atomic mass is 10.1. The molecule has 0 spiro atoms. The van der Waals surface area contributed by atoms with Gasteiger partial charge in [-0.25, -0.2) is 4.98 Å². The molecule has 1 saturated carbocycles. The summed E-state index contributed by atoms with van der Waals surface area (Å²) in [4.78, 5) is 23.3. The van der Waals surface area contributed by atoms with E-state index in [4.69, 9.17) is 0 Å². The molecule has 0 radical (unpaired) electrons. The second-order valence-corrected chi connectivity index (χ2v) is 6.45. The average molecular weight is 309 g/mol. The van der Waals surface area contributed by atoms with Gasteiger partial charge in [-0.15, -0.1) is 11.3 Å². The van der Waals surface area contributed by atoms with Gasteiger partial charge < -0.3 is 4.90 Å². The molecular weight excluding hydrogens is 294 g/mol. The first-order valence-corrected chi connectivity index (χ1v) is 8.22. The van der Waals surface area contributed by atoms with Crippen molar-refractivity contribution in [3.8, 4) is 0 Å². The van der Waals surface area contributed by atoms with E-state index in [-0.39, 0.29) is 5.91 Å². The first kappa shape index (κ1) is 13.4. The standard InChI is InChI=1S/C17H15N3OS/c21-17(13-3-6-15-16(8-13)22-11-19-15)20(14-4-5-14)10-12-2-1-7-18-9-12/h1-3,6-9,11,14H,4-5,10H2. The van der Waals surface area contributed by atoms with E-state index >= 15 is 0 Å². The maximum absolute atomic E-state index is 12.9. The number of hydrogen-bond donors (Lipinski definition) is 0. The monoisotopic (exact) mass is 309 g/mol. The van der Waals surface area contributed by atoms with E-state index in [9.17, 15) is 4.79 Å². The van der Waals surface area contributed by atoms with Crippen molar-refractivity contribution in [2.45, 2.75) is 25.4 Å². The number of pyridine rings is 1. The number of hydrogen-bond acceptors (Lipinski definition) is 4. The van der Waals surface area contributed by atoms with Crippen LogP contribution in [0.3, 0.4) is 0 Å². The van der Waals surface area contributed by atoms with Gasteiger partial charge in [-0.1, -0.05) is 6.07 Å². The number of nitrogens with zero attached hydrogens (tertiary/aromatic N) is 3. The summed E-state index contributed by atoms with van der Waals surface area (Å²) in [6, 6.07) is 10.0. The van der Waals surface area contributed by atoms with Crippen LogP contribution in [0.2, 0.25) is 0 Å². The van der Waals surface area contributed by atoms with Crippen LogP contribution in [0.25, 0.3) is 10.2 Å². The predicted octanol–water partition coefficient (Wildman–Crippen LogP) is 3.50. The third kappa shape index (κ3) is 2.60. The normalized spacial score (nSPS) is 14.2. The van der Waals surface area contributed by atoms with Crippen LogP contribution in [0.5, 0.6) is 0 Å². The third-order valence-corrected chi connectivity index (χ3v) is 4.69. The molecule has 1 fully saturated rings. The Kier molecular flexibility index (Phi) is 3.35. The summed E-state index contributed by atoms with van der Waals surface area (Å²) < 4.78 is 1.06. The lowest BCUT2D eigenvalue weighted by Gasteiger charge is -2.22. The summed E-state index contributed by atoms with van der Waals surface area (Å²) in [5.74, 6) is 0.0988. The number of carbonyl (C=O) groups excluding carboxylic acids is 1. The number of carbonyl (C=O) groups is 1. The molecule has 110 valence electrons. The Hall–Kier alpha value is -2.27. The molecule has 4 nitrogen and oxygen atoms in total. The SMILES string of the molecule is O=C(c1ccc2ncsc2c1)N(Cc1cccnc1)C1CC1.